The van der Waals surface area contributed by atoms with Crippen LogP contribution in [-0.2, 0) is 25.6 Å². The summed E-state index contributed by atoms with van der Waals surface area (Å²) in [4.78, 5) is 70.1. The second-order valence-corrected chi connectivity index (χ2v) is 13.8. The highest BCUT2D eigenvalue weighted by Crippen LogP contribution is 2.27. The summed E-state index contributed by atoms with van der Waals surface area (Å²) in [7, 11) is 1.57. The van der Waals surface area contributed by atoms with Crippen LogP contribution in [0.15, 0.2) is 60.7 Å². The van der Waals surface area contributed by atoms with Crippen LogP contribution in [0, 0.1) is 0 Å². The second-order valence-electron chi connectivity index (χ2n) is 13.8. The molecule has 0 aromatic heterocycles. The predicted molar refractivity (Wildman–Crippen MR) is 197 cm³/mol. The average Bonchev–Trinajstić information content (AvgIpc) is 3.41. The Bertz CT molecular complexity index is 1440. The lowest BCUT2D eigenvalue weighted by Crippen LogP contribution is -2.57. The Labute approximate surface area is 301 Å². The van der Waals surface area contributed by atoms with E-state index >= 15 is 0 Å². The van der Waals surface area contributed by atoms with Crippen LogP contribution in [0.1, 0.15) is 69.4 Å². The van der Waals surface area contributed by atoms with Gasteiger partial charge in [-0.2, -0.15) is 0 Å². The maximum Gasteiger partial charge on any atom is 0.314 e. The molecule has 2 fully saturated rings. The number of piperidine rings is 1. The highest BCUT2D eigenvalue weighted by Gasteiger charge is 2.45. The van der Waals surface area contributed by atoms with E-state index in [1.54, 1.807) is 16.8 Å². The molecule has 278 valence electrons. The quantitative estimate of drug-likeness (QED) is 0.136. The molecule has 51 heavy (non-hydrogen) atoms. The number of nitrogens with one attached hydrogen (secondary N) is 5. The maximum atomic E-state index is 14.0. The van der Waals surface area contributed by atoms with Gasteiger partial charge in [-0.1, -0.05) is 67.6 Å². The van der Waals surface area contributed by atoms with Crippen LogP contribution in [0.2, 0.25) is 0 Å². The van der Waals surface area contributed by atoms with Gasteiger partial charge in [0.05, 0.1) is 6.54 Å². The largest absolute Gasteiger partial charge is 0.343 e. The molecule has 0 spiro atoms. The first-order valence-corrected chi connectivity index (χ1v) is 18.3. The van der Waals surface area contributed by atoms with Gasteiger partial charge in [-0.25, -0.2) is 4.79 Å². The molecule has 4 rings (SSSR count). The monoisotopic (exact) mass is 704 g/mol. The van der Waals surface area contributed by atoms with E-state index in [9.17, 15) is 24.0 Å². The summed E-state index contributed by atoms with van der Waals surface area (Å²) in [6.45, 7) is 6.03. The molecule has 2 aromatic rings. The molecule has 13 heteroatoms. The Kier molecular flexibility index (Phi) is 15.2. The van der Waals surface area contributed by atoms with Gasteiger partial charge in [0.15, 0.2) is 0 Å². The van der Waals surface area contributed by atoms with Gasteiger partial charge in [0.2, 0.25) is 23.6 Å². The van der Waals surface area contributed by atoms with Crippen molar-refractivity contribution in [3.8, 4) is 0 Å². The van der Waals surface area contributed by atoms with Crippen LogP contribution in [-0.4, -0.2) is 109 Å². The zero-order valence-corrected chi connectivity index (χ0v) is 30.2. The molecule has 0 bridgehead atoms. The van der Waals surface area contributed by atoms with Crippen molar-refractivity contribution in [3.05, 3.63) is 71.8 Å². The van der Waals surface area contributed by atoms with Gasteiger partial charge >= 0.3 is 6.03 Å². The fourth-order valence-electron chi connectivity index (χ4n) is 6.99. The van der Waals surface area contributed by atoms with Gasteiger partial charge in [-0.05, 0) is 69.0 Å². The van der Waals surface area contributed by atoms with Crippen LogP contribution in [0.3, 0.4) is 0 Å². The first-order valence-electron chi connectivity index (χ1n) is 18.3. The number of carbonyl (C=O) groups is 5. The van der Waals surface area contributed by atoms with Crippen LogP contribution in [0.25, 0.3) is 0 Å². The fraction of sp³-hybridized carbons (Fsp3) is 0.553. The van der Waals surface area contributed by atoms with Gasteiger partial charge in [0.1, 0.15) is 18.1 Å². The molecule has 2 unspecified atom stereocenters. The normalized spacial score (nSPS) is 19.6. The van der Waals surface area contributed by atoms with E-state index in [0.29, 0.717) is 58.3 Å². The van der Waals surface area contributed by atoms with Crippen molar-refractivity contribution in [1.29, 1.82) is 0 Å². The number of amides is 6. The zero-order valence-electron chi connectivity index (χ0n) is 30.2. The lowest BCUT2D eigenvalue weighted by atomic mass is 10.0. The van der Waals surface area contributed by atoms with Gasteiger partial charge in [-0.3, -0.25) is 19.2 Å². The highest BCUT2D eigenvalue weighted by atomic mass is 16.2. The number of nitrogens with zero attached hydrogens (tertiary/aromatic N) is 2. The summed E-state index contributed by atoms with van der Waals surface area (Å²) in [5.41, 5.74) is 7.81. The smallest absolute Gasteiger partial charge is 0.314 e. The van der Waals surface area contributed by atoms with Gasteiger partial charge in [0, 0.05) is 45.2 Å². The molecule has 0 saturated carbocycles. The highest BCUT2D eigenvalue weighted by molar-refractivity contribution is 5.96. The fourth-order valence-corrected chi connectivity index (χ4v) is 6.99. The van der Waals surface area contributed by atoms with Crippen molar-refractivity contribution in [1.82, 2.24) is 36.4 Å². The molecule has 6 amide bonds. The minimum Gasteiger partial charge on any atom is -0.343 e. The molecular weight excluding hydrogens is 648 g/mol. The van der Waals surface area contributed by atoms with Gasteiger partial charge in [-0.15, -0.1) is 0 Å². The number of nitrogens with two attached hydrogens (primary N) is 1. The molecule has 2 heterocycles. The predicted octanol–water partition coefficient (Wildman–Crippen LogP) is 1.63. The first-order chi connectivity index (χ1) is 24.6. The number of unbranched alkanes of at least 4 members (excludes halogenated alkanes) is 1. The molecule has 0 aliphatic carbocycles. The summed E-state index contributed by atoms with van der Waals surface area (Å²) in [5.74, 6) is -1.00. The third-order valence-electron chi connectivity index (χ3n) is 9.88. The molecule has 2 saturated heterocycles. The van der Waals surface area contributed by atoms with Gasteiger partial charge in [0.25, 0.3) is 0 Å². The first kappa shape index (κ1) is 39.3. The van der Waals surface area contributed by atoms with Crippen molar-refractivity contribution in [2.24, 2.45) is 5.73 Å². The number of urea groups is 1. The molecule has 2 aliphatic rings. The molecule has 7 N–H and O–H groups in total. The number of benzene rings is 2. The minimum atomic E-state index is -0.905. The summed E-state index contributed by atoms with van der Waals surface area (Å²) in [6, 6.07) is 16.5. The van der Waals surface area contributed by atoms with E-state index in [4.69, 9.17) is 5.73 Å². The van der Waals surface area contributed by atoms with Gasteiger partial charge < -0.3 is 42.1 Å². The van der Waals surface area contributed by atoms with Crippen molar-refractivity contribution in [2.75, 3.05) is 39.8 Å². The Morgan fingerprint density at radius 1 is 0.941 bits per heavy atom. The van der Waals surface area contributed by atoms with Crippen LogP contribution in [0.5, 0.6) is 0 Å². The Morgan fingerprint density at radius 2 is 1.61 bits per heavy atom. The van der Waals surface area contributed by atoms with Crippen molar-refractivity contribution < 1.29 is 24.0 Å². The third-order valence-corrected chi connectivity index (χ3v) is 9.88. The van der Waals surface area contributed by atoms with E-state index in [2.05, 4.69) is 33.5 Å². The average molecular weight is 705 g/mol. The lowest BCUT2D eigenvalue weighted by molar-refractivity contribution is -0.147. The maximum absolute atomic E-state index is 14.0. The van der Waals surface area contributed by atoms with Crippen LogP contribution < -0.4 is 32.3 Å². The Balaban J connectivity index is 1.40. The van der Waals surface area contributed by atoms with E-state index in [0.717, 1.165) is 12.0 Å². The molecule has 13 nitrogen and oxygen atoms in total. The molecule has 2 aliphatic heterocycles. The Morgan fingerprint density at radius 3 is 2.25 bits per heavy atom. The van der Waals surface area contributed by atoms with E-state index in [-0.39, 0.29) is 54.7 Å². The van der Waals surface area contributed by atoms with E-state index in [1.165, 1.54) is 5.56 Å². The number of hydrogen-bond donors (Lipinski definition) is 6. The minimum absolute atomic E-state index is 0.0328. The molecular formula is C38H56N8O5. The van der Waals surface area contributed by atoms with Crippen LogP contribution >= 0.6 is 0 Å². The molecule has 2 aromatic carbocycles. The zero-order chi connectivity index (χ0) is 36.8. The standard InChI is InChI=1S/C38H56N8O5/c1-26(29-14-8-5-9-15-29)24-41-25-34(47)43-31(23-28-12-6-4-7-13-28)35(48)44-32-22-27(2)46(36(32)49)33(16-10-11-19-39)37(50)45-20-17-30(18-21-45)42-38(51)40-3/h4-9,12-15,26-27,30-33,41H,10-11,16-25,39H2,1-3H3,(H,43,47)(H,44,48)(H2,40,42,51)/t26-,27?,31?,32+,33+/m0/s1. The Hall–Kier alpha value is -4.49. The third kappa shape index (κ3) is 11.5. The summed E-state index contributed by atoms with van der Waals surface area (Å²) < 4.78 is 0. The number of hydrogen-bond acceptors (Lipinski definition) is 7. The SMILES string of the molecule is CNC(=O)NC1CCN(C(=O)[C@@H](CCCCN)N2C(=O)[C@H](NC(=O)C(Cc3ccccc3)NC(=O)CNC[C@H](C)c3ccccc3)CC2C)CC1. The van der Waals surface area contributed by atoms with Crippen molar-refractivity contribution in [2.45, 2.75) is 94.9 Å². The van der Waals surface area contributed by atoms with Crippen LogP contribution in [0.4, 0.5) is 4.79 Å². The van der Waals surface area contributed by atoms with E-state index < -0.39 is 24.0 Å². The second kappa shape index (κ2) is 19.8. The number of rotatable bonds is 17. The summed E-state index contributed by atoms with van der Waals surface area (Å²) in [6.07, 6.45) is 3.70. The van der Waals surface area contributed by atoms with E-state index in [1.807, 2.05) is 67.6 Å². The summed E-state index contributed by atoms with van der Waals surface area (Å²) >= 11 is 0. The molecule has 5 atom stereocenters. The summed E-state index contributed by atoms with van der Waals surface area (Å²) in [5, 5.41) is 14.5. The van der Waals surface area contributed by atoms with Crippen molar-refractivity contribution in [3.63, 3.8) is 0 Å². The number of likely N-dealkylation sites (tertiary alicyclic amines) is 2. The van der Waals surface area contributed by atoms with Crippen molar-refractivity contribution >= 4 is 29.7 Å². The lowest BCUT2D eigenvalue weighted by Gasteiger charge is -2.38. The number of carbonyl (C=O) groups excluding carboxylic acids is 5. The molecule has 0 radical (unpaired) electrons. The topological polar surface area (TPSA) is 178 Å².